The standard InChI is InChI=1S/C16H18N6O/c23-16(15-17-5-2-6-18-15)22-9-7-21(8-10-22)14-11-12-3-1-4-13(12)19-20-14/h2,5-6,11H,1,3-4,7-10H2. The van der Waals surface area contributed by atoms with Crippen LogP contribution in [0.15, 0.2) is 24.5 Å². The zero-order chi connectivity index (χ0) is 15.6. The fourth-order valence-corrected chi connectivity index (χ4v) is 3.16. The molecule has 1 saturated heterocycles. The fourth-order valence-electron chi connectivity index (χ4n) is 3.16. The predicted octanol–water partition coefficient (Wildman–Crippen LogP) is 0.718. The Kier molecular flexibility index (Phi) is 3.61. The lowest BCUT2D eigenvalue weighted by atomic mass is 10.2. The molecular formula is C16H18N6O. The molecule has 2 aliphatic rings. The Morgan fingerprint density at radius 1 is 1.00 bits per heavy atom. The van der Waals surface area contributed by atoms with Crippen LogP contribution in [0.4, 0.5) is 5.82 Å². The molecule has 3 heterocycles. The van der Waals surface area contributed by atoms with Crippen LogP contribution < -0.4 is 4.90 Å². The number of piperazine rings is 1. The number of aryl methyl sites for hydroxylation is 2. The van der Waals surface area contributed by atoms with Crippen molar-refractivity contribution in [1.82, 2.24) is 25.1 Å². The maximum Gasteiger partial charge on any atom is 0.291 e. The highest BCUT2D eigenvalue weighted by Gasteiger charge is 2.25. The van der Waals surface area contributed by atoms with Crippen molar-refractivity contribution in [1.29, 1.82) is 0 Å². The Bertz CT molecular complexity index is 712. The van der Waals surface area contributed by atoms with E-state index < -0.39 is 0 Å². The van der Waals surface area contributed by atoms with Gasteiger partial charge in [0.15, 0.2) is 5.82 Å². The van der Waals surface area contributed by atoms with Gasteiger partial charge >= 0.3 is 0 Å². The molecule has 23 heavy (non-hydrogen) atoms. The maximum absolute atomic E-state index is 12.4. The topological polar surface area (TPSA) is 75.1 Å². The average molecular weight is 310 g/mol. The summed E-state index contributed by atoms with van der Waals surface area (Å²) in [4.78, 5) is 24.4. The average Bonchev–Trinajstić information content (AvgIpc) is 3.10. The molecule has 0 atom stereocenters. The van der Waals surface area contributed by atoms with Crippen molar-refractivity contribution < 1.29 is 4.79 Å². The van der Waals surface area contributed by atoms with Gasteiger partial charge in [0.05, 0.1) is 5.69 Å². The van der Waals surface area contributed by atoms with Crippen LogP contribution in [0, 0.1) is 0 Å². The smallest absolute Gasteiger partial charge is 0.291 e. The van der Waals surface area contributed by atoms with Crippen molar-refractivity contribution in [2.75, 3.05) is 31.1 Å². The highest BCUT2D eigenvalue weighted by Crippen LogP contribution is 2.23. The number of aromatic nitrogens is 4. The quantitative estimate of drug-likeness (QED) is 0.813. The first-order valence-electron chi connectivity index (χ1n) is 7.98. The van der Waals surface area contributed by atoms with Crippen molar-refractivity contribution in [3.8, 4) is 0 Å². The molecule has 0 bridgehead atoms. The van der Waals surface area contributed by atoms with Crippen LogP contribution in [-0.4, -0.2) is 57.2 Å². The number of hydrogen-bond acceptors (Lipinski definition) is 6. The molecule has 1 aliphatic heterocycles. The number of rotatable bonds is 2. The second-order valence-corrected chi connectivity index (χ2v) is 5.88. The molecule has 0 unspecified atom stereocenters. The highest BCUT2D eigenvalue weighted by molar-refractivity contribution is 5.90. The first-order chi connectivity index (χ1) is 11.3. The van der Waals surface area contributed by atoms with Gasteiger partial charge in [-0.05, 0) is 37.0 Å². The van der Waals surface area contributed by atoms with Crippen LogP contribution in [0.2, 0.25) is 0 Å². The molecule has 0 N–H and O–H groups in total. The molecule has 0 saturated carbocycles. The number of hydrogen-bond donors (Lipinski definition) is 0. The summed E-state index contributed by atoms with van der Waals surface area (Å²) >= 11 is 0. The number of carbonyl (C=O) groups is 1. The minimum atomic E-state index is -0.106. The molecule has 7 heteroatoms. The van der Waals surface area contributed by atoms with Crippen LogP contribution in [0.1, 0.15) is 28.3 Å². The lowest BCUT2D eigenvalue weighted by molar-refractivity contribution is 0.0734. The van der Waals surface area contributed by atoms with Gasteiger partial charge in [-0.15, -0.1) is 5.10 Å². The van der Waals surface area contributed by atoms with Gasteiger partial charge in [-0.2, -0.15) is 5.10 Å². The Balaban J connectivity index is 1.42. The van der Waals surface area contributed by atoms with E-state index in [4.69, 9.17) is 0 Å². The minimum Gasteiger partial charge on any atom is -0.352 e. The largest absolute Gasteiger partial charge is 0.352 e. The minimum absolute atomic E-state index is 0.106. The van der Waals surface area contributed by atoms with Gasteiger partial charge in [0, 0.05) is 38.6 Å². The molecule has 1 fully saturated rings. The number of amides is 1. The van der Waals surface area contributed by atoms with Crippen LogP contribution in [-0.2, 0) is 12.8 Å². The lowest BCUT2D eigenvalue weighted by Crippen LogP contribution is -2.49. The summed E-state index contributed by atoms with van der Waals surface area (Å²) in [5, 5.41) is 8.69. The van der Waals surface area contributed by atoms with Gasteiger partial charge < -0.3 is 9.80 Å². The molecule has 0 radical (unpaired) electrons. The summed E-state index contributed by atoms with van der Waals surface area (Å²) in [5.41, 5.74) is 2.47. The van der Waals surface area contributed by atoms with Crippen molar-refractivity contribution in [3.63, 3.8) is 0 Å². The van der Waals surface area contributed by atoms with Gasteiger partial charge in [0.25, 0.3) is 5.91 Å². The Morgan fingerprint density at radius 3 is 2.57 bits per heavy atom. The van der Waals surface area contributed by atoms with Gasteiger partial charge in [-0.1, -0.05) is 0 Å². The summed E-state index contributed by atoms with van der Waals surface area (Å²) in [6.45, 7) is 2.81. The van der Waals surface area contributed by atoms with E-state index in [1.54, 1.807) is 23.4 Å². The maximum atomic E-state index is 12.4. The zero-order valence-corrected chi connectivity index (χ0v) is 12.9. The molecule has 4 rings (SSSR count). The summed E-state index contributed by atoms with van der Waals surface area (Å²) in [6, 6.07) is 3.87. The van der Waals surface area contributed by atoms with Crippen molar-refractivity contribution >= 4 is 11.7 Å². The van der Waals surface area contributed by atoms with E-state index in [-0.39, 0.29) is 11.7 Å². The summed E-state index contributed by atoms with van der Waals surface area (Å²) in [6.07, 6.45) is 6.50. The van der Waals surface area contributed by atoms with E-state index in [0.717, 1.165) is 37.4 Å². The Labute approximate surface area is 134 Å². The third-order valence-corrected chi connectivity index (χ3v) is 4.45. The number of fused-ring (bicyclic) bond motifs is 1. The molecular weight excluding hydrogens is 292 g/mol. The van der Waals surface area contributed by atoms with E-state index in [0.29, 0.717) is 13.1 Å². The molecule has 118 valence electrons. The van der Waals surface area contributed by atoms with Gasteiger partial charge in [0.2, 0.25) is 5.82 Å². The monoisotopic (exact) mass is 310 g/mol. The SMILES string of the molecule is O=C(c1ncccn1)N1CCN(c2cc3c(nn2)CCC3)CC1. The summed E-state index contributed by atoms with van der Waals surface area (Å²) in [7, 11) is 0. The van der Waals surface area contributed by atoms with Crippen LogP contribution in [0.3, 0.4) is 0 Å². The van der Waals surface area contributed by atoms with Crippen LogP contribution >= 0.6 is 0 Å². The molecule has 1 aliphatic carbocycles. The zero-order valence-electron chi connectivity index (χ0n) is 12.9. The van der Waals surface area contributed by atoms with Crippen LogP contribution in [0.5, 0.6) is 0 Å². The molecule has 0 aromatic carbocycles. The number of nitrogens with zero attached hydrogens (tertiary/aromatic N) is 6. The van der Waals surface area contributed by atoms with E-state index in [2.05, 4.69) is 31.1 Å². The predicted molar refractivity (Wildman–Crippen MR) is 84.2 cm³/mol. The molecule has 7 nitrogen and oxygen atoms in total. The summed E-state index contributed by atoms with van der Waals surface area (Å²) in [5.74, 6) is 1.08. The fraction of sp³-hybridized carbons (Fsp3) is 0.438. The Morgan fingerprint density at radius 2 is 1.78 bits per heavy atom. The molecule has 2 aromatic rings. The van der Waals surface area contributed by atoms with Gasteiger partial charge in [-0.25, -0.2) is 9.97 Å². The third-order valence-electron chi connectivity index (χ3n) is 4.45. The van der Waals surface area contributed by atoms with E-state index in [1.807, 2.05) is 0 Å². The van der Waals surface area contributed by atoms with Gasteiger partial charge in [0.1, 0.15) is 0 Å². The van der Waals surface area contributed by atoms with Gasteiger partial charge in [-0.3, -0.25) is 4.79 Å². The first-order valence-corrected chi connectivity index (χ1v) is 7.98. The summed E-state index contributed by atoms with van der Waals surface area (Å²) < 4.78 is 0. The highest BCUT2D eigenvalue weighted by atomic mass is 16.2. The molecule has 1 amide bonds. The van der Waals surface area contributed by atoms with Crippen molar-refractivity contribution in [2.24, 2.45) is 0 Å². The third kappa shape index (κ3) is 2.74. The first kappa shape index (κ1) is 14.0. The van der Waals surface area contributed by atoms with E-state index in [9.17, 15) is 4.79 Å². The second-order valence-electron chi connectivity index (χ2n) is 5.88. The van der Waals surface area contributed by atoms with Crippen LogP contribution in [0.25, 0.3) is 0 Å². The molecule has 0 spiro atoms. The second kappa shape index (κ2) is 5.91. The van der Waals surface area contributed by atoms with E-state index in [1.165, 1.54) is 12.0 Å². The Hall–Kier alpha value is -2.57. The number of anilines is 1. The van der Waals surface area contributed by atoms with E-state index >= 15 is 0 Å². The lowest BCUT2D eigenvalue weighted by Gasteiger charge is -2.34. The van der Waals surface area contributed by atoms with Crippen molar-refractivity contribution in [2.45, 2.75) is 19.3 Å². The van der Waals surface area contributed by atoms with Crippen molar-refractivity contribution in [3.05, 3.63) is 41.6 Å². The molecule has 2 aromatic heterocycles. The normalized spacial score (nSPS) is 17.2. The number of carbonyl (C=O) groups excluding carboxylic acids is 1.